The van der Waals surface area contributed by atoms with Crippen LogP contribution in [-0.4, -0.2) is 11.8 Å². The van der Waals surface area contributed by atoms with Crippen molar-refractivity contribution in [2.45, 2.75) is 219 Å². The third kappa shape index (κ3) is 26.7. The van der Waals surface area contributed by atoms with Gasteiger partial charge in [-0.15, -0.1) is 5.11 Å². The predicted molar refractivity (Wildman–Crippen MR) is 233 cm³/mol. The van der Waals surface area contributed by atoms with Crippen LogP contribution in [0.1, 0.15) is 219 Å². The fourth-order valence-electron chi connectivity index (χ4n) is 7.16. The number of hydrogen-bond donors (Lipinski definition) is 2. The van der Waals surface area contributed by atoms with Crippen LogP contribution in [0.25, 0.3) is 0 Å². The second-order valence-corrected chi connectivity index (χ2v) is 15.8. The quantitative estimate of drug-likeness (QED) is 0.0538. The zero-order valence-electron chi connectivity index (χ0n) is 35.0. The first-order chi connectivity index (χ1) is 26.6. The van der Waals surface area contributed by atoms with E-state index in [9.17, 15) is 9.59 Å². The Labute approximate surface area is 331 Å². The van der Waals surface area contributed by atoms with E-state index in [0.717, 1.165) is 31.4 Å². The lowest BCUT2D eigenvalue weighted by Crippen LogP contribution is -2.13. The molecular formula is C48H80N4O2. The van der Waals surface area contributed by atoms with Crippen molar-refractivity contribution in [3.63, 3.8) is 0 Å². The van der Waals surface area contributed by atoms with Crippen LogP contribution in [-0.2, 0) is 9.59 Å². The fourth-order valence-corrected chi connectivity index (χ4v) is 7.16. The van der Waals surface area contributed by atoms with E-state index in [1.54, 1.807) is 0 Å². The maximum atomic E-state index is 13.0. The number of carbonyl (C=O) groups excluding carboxylic acids is 2. The highest BCUT2D eigenvalue weighted by molar-refractivity contribution is 5.96. The first kappa shape index (κ1) is 47.1. The molecule has 0 aliphatic heterocycles. The van der Waals surface area contributed by atoms with Crippen molar-refractivity contribution in [1.29, 1.82) is 0 Å². The lowest BCUT2D eigenvalue weighted by molar-refractivity contribution is -0.117. The van der Waals surface area contributed by atoms with Crippen LogP contribution in [0.2, 0.25) is 0 Å². The molecule has 0 aliphatic rings. The third-order valence-corrected chi connectivity index (χ3v) is 10.6. The molecule has 0 saturated carbocycles. The number of hydrogen-bond acceptors (Lipinski definition) is 4. The Balaban J connectivity index is 1.65. The van der Waals surface area contributed by atoms with Gasteiger partial charge in [0, 0.05) is 18.5 Å². The molecule has 0 spiro atoms. The van der Waals surface area contributed by atoms with E-state index in [2.05, 4.69) is 34.7 Å². The van der Waals surface area contributed by atoms with Gasteiger partial charge in [-0.3, -0.25) is 9.59 Å². The second kappa shape index (κ2) is 34.5. The van der Waals surface area contributed by atoms with E-state index in [-0.39, 0.29) is 11.8 Å². The summed E-state index contributed by atoms with van der Waals surface area (Å²) in [6.07, 6.45) is 40.1. The lowest BCUT2D eigenvalue weighted by Gasteiger charge is -2.11. The van der Waals surface area contributed by atoms with Crippen LogP contribution < -0.4 is 10.6 Å². The molecule has 304 valence electrons. The van der Waals surface area contributed by atoms with E-state index in [0.29, 0.717) is 29.9 Å². The number of benzene rings is 2. The molecule has 0 radical (unpaired) electrons. The Hall–Kier alpha value is -3.02. The number of azo groups is 1. The Bertz CT molecular complexity index is 1210. The molecule has 0 atom stereocenters. The van der Waals surface area contributed by atoms with Gasteiger partial charge in [0.2, 0.25) is 11.8 Å². The fraction of sp³-hybridized carbons (Fsp3) is 0.708. The van der Waals surface area contributed by atoms with E-state index < -0.39 is 0 Å². The van der Waals surface area contributed by atoms with Gasteiger partial charge in [0.15, 0.2) is 0 Å². The molecule has 6 heteroatoms. The zero-order valence-corrected chi connectivity index (χ0v) is 35.0. The first-order valence-electron chi connectivity index (χ1n) is 22.8. The van der Waals surface area contributed by atoms with Crippen molar-refractivity contribution in [2.24, 2.45) is 10.2 Å². The molecule has 2 rings (SSSR count). The Kier molecular flexibility index (Phi) is 30.1. The van der Waals surface area contributed by atoms with Crippen molar-refractivity contribution in [2.75, 3.05) is 10.6 Å². The Morgan fingerprint density at radius 2 is 0.796 bits per heavy atom. The van der Waals surface area contributed by atoms with Crippen molar-refractivity contribution in [3.05, 3.63) is 48.5 Å². The number of carbonyl (C=O) groups is 2. The summed E-state index contributed by atoms with van der Waals surface area (Å²) in [5, 5.41) is 14.9. The monoisotopic (exact) mass is 745 g/mol. The summed E-state index contributed by atoms with van der Waals surface area (Å²) < 4.78 is 0. The molecule has 2 amide bonds. The van der Waals surface area contributed by atoms with Gasteiger partial charge in [0.1, 0.15) is 5.69 Å². The molecule has 0 heterocycles. The number of unbranched alkanes of at least 4 members (excludes halogenated alkanes) is 28. The van der Waals surface area contributed by atoms with Crippen molar-refractivity contribution < 1.29 is 9.59 Å². The van der Waals surface area contributed by atoms with Crippen LogP contribution >= 0.6 is 0 Å². The van der Waals surface area contributed by atoms with E-state index in [1.807, 2.05) is 48.5 Å². The predicted octanol–water partition coefficient (Wildman–Crippen LogP) is 16.5. The number of anilines is 2. The number of rotatable bonds is 36. The minimum absolute atomic E-state index is 0.0124. The highest BCUT2D eigenvalue weighted by atomic mass is 16.2. The van der Waals surface area contributed by atoms with Gasteiger partial charge >= 0.3 is 0 Å². The van der Waals surface area contributed by atoms with Gasteiger partial charge in [-0.1, -0.05) is 212 Å². The second-order valence-electron chi connectivity index (χ2n) is 15.8. The van der Waals surface area contributed by atoms with Crippen molar-refractivity contribution in [3.8, 4) is 0 Å². The smallest absolute Gasteiger partial charge is 0.224 e. The van der Waals surface area contributed by atoms with Crippen molar-refractivity contribution >= 4 is 34.6 Å². The standard InChI is InChI=1S/C48H80N4O2/c1-3-5-7-9-11-13-15-17-19-21-23-25-27-29-34-38-47(53)49-44-40-41-45(52-51-43-36-32-31-33-37-43)46(42-44)50-48(54)39-35-30-28-26-24-22-20-18-16-14-12-10-8-6-4-2/h31-33,36-37,40-42H,3-30,34-35,38-39H2,1-2H3,(H,49,53)(H,50,54). The highest BCUT2D eigenvalue weighted by Gasteiger charge is 2.11. The van der Waals surface area contributed by atoms with Crippen molar-refractivity contribution in [1.82, 2.24) is 0 Å². The Morgan fingerprint density at radius 3 is 1.20 bits per heavy atom. The SMILES string of the molecule is CCCCCCCCCCCCCCCCCC(=O)Nc1ccc(N=Nc2ccccc2)c(NC(=O)CCCCCCCCCCCCCCCCC)c1. The van der Waals surface area contributed by atoms with Crippen LogP contribution in [0, 0.1) is 0 Å². The molecule has 2 N–H and O–H groups in total. The van der Waals surface area contributed by atoms with Gasteiger partial charge in [0.05, 0.1) is 11.4 Å². The lowest BCUT2D eigenvalue weighted by atomic mass is 10.0. The summed E-state index contributed by atoms with van der Waals surface area (Å²) in [7, 11) is 0. The Morgan fingerprint density at radius 1 is 0.426 bits per heavy atom. The molecule has 54 heavy (non-hydrogen) atoms. The summed E-state index contributed by atoms with van der Waals surface area (Å²) in [5.74, 6) is -0.0134. The van der Waals surface area contributed by atoms with Gasteiger partial charge in [-0.05, 0) is 43.2 Å². The van der Waals surface area contributed by atoms with Gasteiger partial charge in [-0.25, -0.2) is 0 Å². The van der Waals surface area contributed by atoms with E-state index in [1.165, 1.54) is 167 Å². The zero-order chi connectivity index (χ0) is 38.6. The van der Waals surface area contributed by atoms with Crippen LogP contribution in [0.15, 0.2) is 58.8 Å². The highest BCUT2D eigenvalue weighted by Crippen LogP contribution is 2.31. The van der Waals surface area contributed by atoms with E-state index in [4.69, 9.17) is 0 Å². The van der Waals surface area contributed by atoms with Gasteiger partial charge in [0.25, 0.3) is 0 Å². The molecule has 0 unspecified atom stereocenters. The number of nitrogens with one attached hydrogen (secondary N) is 2. The summed E-state index contributed by atoms with van der Waals surface area (Å²) in [4.78, 5) is 25.8. The minimum atomic E-state index is -0.0258. The molecule has 0 fully saturated rings. The molecule has 2 aromatic carbocycles. The van der Waals surface area contributed by atoms with Crippen LogP contribution in [0.4, 0.5) is 22.7 Å². The molecule has 0 aliphatic carbocycles. The maximum Gasteiger partial charge on any atom is 0.224 e. The maximum absolute atomic E-state index is 13.0. The summed E-state index contributed by atoms with van der Waals surface area (Å²) in [6.45, 7) is 4.56. The average molecular weight is 745 g/mol. The van der Waals surface area contributed by atoms with E-state index >= 15 is 0 Å². The topological polar surface area (TPSA) is 82.9 Å². The summed E-state index contributed by atoms with van der Waals surface area (Å²) >= 11 is 0. The molecule has 0 saturated heterocycles. The minimum Gasteiger partial charge on any atom is -0.326 e. The molecule has 2 aromatic rings. The molecule has 6 nitrogen and oxygen atoms in total. The summed E-state index contributed by atoms with van der Waals surface area (Å²) in [6, 6.07) is 15.0. The molecular weight excluding hydrogens is 665 g/mol. The first-order valence-corrected chi connectivity index (χ1v) is 22.8. The van der Waals surface area contributed by atoms with Crippen LogP contribution in [0.5, 0.6) is 0 Å². The van der Waals surface area contributed by atoms with Gasteiger partial charge < -0.3 is 10.6 Å². The molecule has 0 aromatic heterocycles. The average Bonchev–Trinajstić information content (AvgIpc) is 3.18. The third-order valence-electron chi connectivity index (χ3n) is 10.6. The van der Waals surface area contributed by atoms with Crippen LogP contribution in [0.3, 0.4) is 0 Å². The summed E-state index contributed by atoms with van der Waals surface area (Å²) in [5.41, 5.74) is 2.56. The van der Waals surface area contributed by atoms with Gasteiger partial charge in [-0.2, -0.15) is 5.11 Å². The number of nitrogens with zero attached hydrogens (tertiary/aromatic N) is 2. The molecule has 0 bridgehead atoms. The number of amides is 2. The normalized spacial score (nSPS) is 11.4. The largest absolute Gasteiger partial charge is 0.326 e.